The first-order chi connectivity index (χ1) is 11.4. The fraction of sp³-hybridized carbons (Fsp3) is 0.188. The molecule has 0 bridgehead atoms. The lowest BCUT2D eigenvalue weighted by Crippen LogP contribution is -2.26. The van der Waals surface area contributed by atoms with Crippen molar-refractivity contribution in [2.75, 3.05) is 7.05 Å². The fourth-order valence-electron chi connectivity index (χ4n) is 2.17. The third-order valence-electron chi connectivity index (χ3n) is 3.37. The molecule has 0 saturated carbocycles. The molecule has 124 valence electrons. The standard InChI is InChI=1S/C16H15FN4O2S/c1-10-9-24-14(18-10)8-20(2)16(23)15-13(22)7-21(19-15)12-5-3-11(17)4-6-12/h3-7,9,22H,8H2,1-2H3. The summed E-state index contributed by atoms with van der Waals surface area (Å²) in [5, 5.41) is 16.8. The molecule has 6 nitrogen and oxygen atoms in total. The van der Waals surface area contributed by atoms with E-state index in [0.29, 0.717) is 12.2 Å². The Morgan fingerprint density at radius 2 is 2.08 bits per heavy atom. The van der Waals surface area contributed by atoms with Gasteiger partial charge < -0.3 is 10.0 Å². The van der Waals surface area contributed by atoms with Gasteiger partial charge in [-0.1, -0.05) is 0 Å². The summed E-state index contributed by atoms with van der Waals surface area (Å²) in [5.41, 5.74) is 1.39. The first-order valence-electron chi connectivity index (χ1n) is 7.15. The summed E-state index contributed by atoms with van der Waals surface area (Å²) in [6.07, 6.45) is 1.32. The second kappa shape index (κ2) is 6.40. The van der Waals surface area contributed by atoms with Gasteiger partial charge in [0.1, 0.15) is 10.8 Å². The van der Waals surface area contributed by atoms with Crippen LogP contribution in [0.4, 0.5) is 4.39 Å². The Morgan fingerprint density at radius 3 is 2.71 bits per heavy atom. The number of benzene rings is 1. The van der Waals surface area contributed by atoms with Crippen molar-refractivity contribution in [3.05, 3.63) is 58.1 Å². The molecule has 3 rings (SSSR count). The van der Waals surface area contributed by atoms with Crippen LogP contribution in [-0.2, 0) is 6.54 Å². The van der Waals surface area contributed by atoms with Gasteiger partial charge in [0.15, 0.2) is 11.4 Å². The summed E-state index contributed by atoms with van der Waals surface area (Å²) in [7, 11) is 1.62. The highest BCUT2D eigenvalue weighted by Crippen LogP contribution is 2.21. The van der Waals surface area contributed by atoms with E-state index in [4.69, 9.17) is 0 Å². The van der Waals surface area contributed by atoms with E-state index in [2.05, 4.69) is 10.1 Å². The van der Waals surface area contributed by atoms with Gasteiger partial charge in [-0.15, -0.1) is 11.3 Å². The van der Waals surface area contributed by atoms with Crippen LogP contribution in [0.15, 0.2) is 35.8 Å². The van der Waals surface area contributed by atoms with Crippen LogP contribution in [0.3, 0.4) is 0 Å². The van der Waals surface area contributed by atoms with E-state index in [1.165, 1.54) is 51.4 Å². The van der Waals surface area contributed by atoms with Crippen LogP contribution in [0.25, 0.3) is 5.69 Å². The topological polar surface area (TPSA) is 71.2 Å². The van der Waals surface area contributed by atoms with Crippen LogP contribution < -0.4 is 0 Å². The summed E-state index contributed by atoms with van der Waals surface area (Å²) in [6, 6.07) is 5.59. The summed E-state index contributed by atoms with van der Waals surface area (Å²) < 4.78 is 14.3. The average Bonchev–Trinajstić information content (AvgIpc) is 3.13. The number of rotatable bonds is 4. The zero-order valence-electron chi connectivity index (χ0n) is 13.1. The SMILES string of the molecule is Cc1csc(CN(C)C(=O)c2nn(-c3ccc(F)cc3)cc2O)n1. The first kappa shape index (κ1) is 16.1. The Bertz CT molecular complexity index is 873. The molecule has 8 heteroatoms. The van der Waals surface area contributed by atoms with Crippen molar-refractivity contribution in [2.24, 2.45) is 0 Å². The molecule has 2 heterocycles. The van der Waals surface area contributed by atoms with Gasteiger partial charge in [-0.2, -0.15) is 5.10 Å². The molecule has 0 aliphatic heterocycles. The highest BCUT2D eigenvalue weighted by Gasteiger charge is 2.21. The Kier molecular flexibility index (Phi) is 4.30. The lowest BCUT2D eigenvalue weighted by Gasteiger charge is -2.14. The van der Waals surface area contributed by atoms with E-state index in [1.807, 2.05) is 12.3 Å². The lowest BCUT2D eigenvalue weighted by atomic mass is 10.3. The Hall–Kier alpha value is -2.74. The molecular weight excluding hydrogens is 331 g/mol. The number of nitrogens with zero attached hydrogens (tertiary/aromatic N) is 4. The molecule has 24 heavy (non-hydrogen) atoms. The van der Waals surface area contributed by atoms with E-state index in [1.54, 1.807) is 7.05 Å². The number of amides is 1. The van der Waals surface area contributed by atoms with Gasteiger partial charge in [0.25, 0.3) is 5.91 Å². The first-order valence-corrected chi connectivity index (χ1v) is 8.03. The quantitative estimate of drug-likeness (QED) is 0.788. The summed E-state index contributed by atoms with van der Waals surface area (Å²) in [5.74, 6) is -1.02. The molecule has 0 atom stereocenters. The molecule has 0 radical (unpaired) electrons. The van der Waals surface area contributed by atoms with Crippen molar-refractivity contribution in [3.8, 4) is 11.4 Å². The number of halogens is 1. The van der Waals surface area contributed by atoms with Gasteiger partial charge in [-0.05, 0) is 31.2 Å². The van der Waals surface area contributed by atoms with E-state index in [0.717, 1.165) is 10.7 Å². The van der Waals surface area contributed by atoms with Crippen LogP contribution in [0.1, 0.15) is 21.2 Å². The van der Waals surface area contributed by atoms with Crippen LogP contribution in [0, 0.1) is 12.7 Å². The monoisotopic (exact) mass is 346 g/mol. The van der Waals surface area contributed by atoms with Crippen molar-refractivity contribution >= 4 is 17.2 Å². The second-order valence-corrected chi connectivity index (χ2v) is 6.27. The Balaban J connectivity index is 1.81. The number of carbonyl (C=O) groups is 1. The zero-order valence-corrected chi connectivity index (χ0v) is 13.9. The zero-order chi connectivity index (χ0) is 17.3. The molecule has 0 spiro atoms. The maximum absolute atomic E-state index is 13.0. The van der Waals surface area contributed by atoms with Gasteiger partial charge in [-0.25, -0.2) is 14.1 Å². The molecule has 0 saturated heterocycles. The van der Waals surface area contributed by atoms with Gasteiger partial charge in [0.05, 0.1) is 18.4 Å². The number of aryl methyl sites for hydroxylation is 1. The van der Waals surface area contributed by atoms with Crippen LogP contribution in [-0.4, -0.2) is 37.7 Å². The molecule has 1 aromatic carbocycles. The Labute approximate surface area is 141 Å². The van der Waals surface area contributed by atoms with Crippen molar-refractivity contribution in [1.29, 1.82) is 0 Å². The number of aromatic hydroxyl groups is 1. The number of hydrogen-bond donors (Lipinski definition) is 1. The largest absolute Gasteiger partial charge is 0.504 e. The predicted molar refractivity (Wildman–Crippen MR) is 87.8 cm³/mol. The highest BCUT2D eigenvalue weighted by molar-refractivity contribution is 7.09. The highest BCUT2D eigenvalue weighted by atomic mass is 32.1. The van der Waals surface area contributed by atoms with Crippen LogP contribution in [0.2, 0.25) is 0 Å². The smallest absolute Gasteiger partial charge is 0.278 e. The van der Waals surface area contributed by atoms with Crippen molar-refractivity contribution in [1.82, 2.24) is 19.7 Å². The molecule has 3 aromatic rings. The average molecular weight is 346 g/mol. The molecule has 0 aliphatic carbocycles. The third kappa shape index (κ3) is 3.28. The third-order valence-corrected chi connectivity index (χ3v) is 4.33. The number of thiazole rings is 1. The van der Waals surface area contributed by atoms with Gasteiger partial charge in [0, 0.05) is 18.1 Å². The minimum absolute atomic E-state index is 0.0601. The maximum atomic E-state index is 13.0. The van der Waals surface area contributed by atoms with Crippen LogP contribution in [0.5, 0.6) is 5.75 Å². The maximum Gasteiger partial charge on any atom is 0.278 e. The fourth-order valence-corrected chi connectivity index (χ4v) is 3.00. The number of aromatic nitrogens is 3. The normalized spacial score (nSPS) is 10.8. The predicted octanol–water partition coefficient (Wildman–Crippen LogP) is 2.75. The molecule has 0 unspecified atom stereocenters. The van der Waals surface area contributed by atoms with E-state index in [-0.39, 0.29) is 17.3 Å². The van der Waals surface area contributed by atoms with Crippen LogP contribution >= 0.6 is 11.3 Å². The molecule has 0 aliphatic rings. The van der Waals surface area contributed by atoms with Gasteiger partial charge >= 0.3 is 0 Å². The lowest BCUT2D eigenvalue weighted by molar-refractivity contribution is 0.0775. The molecule has 1 amide bonds. The van der Waals surface area contributed by atoms with E-state index in [9.17, 15) is 14.3 Å². The van der Waals surface area contributed by atoms with E-state index < -0.39 is 5.91 Å². The minimum atomic E-state index is -0.416. The van der Waals surface area contributed by atoms with Gasteiger partial charge in [-0.3, -0.25) is 4.79 Å². The summed E-state index contributed by atoms with van der Waals surface area (Å²) >= 11 is 1.47. The summed E-state index contributed by atoms with van der Waals surface area (Å²) in [6.45, 7) is 2.22. The number of hydrogen-bond acceptors (Lipinski definition) is 5. The van der Waals surface area contributed by atoms with Crippen molar-refractivity contribution in [3.63, 3.8) is 0 Å². The molecule has 2 aromatic heterocycles. The number of carbonyl (C=O) groups excluding carboxylic acids is 1. The Morgan fingerprint density at radius 1 is 1.38 bits per heavy atom. The van der Waals surface area contributed by atoms with Crippen molar-refractivity contribution < 1.29 is 14.3 Å². The second-order valence-electron chi connectivity index (χ2n) is 5.33. The summed E-state index contributed by atoms with van der Waals surface area (Å²) in [4.78, 5) is 18.2. The van der Waals surface area contributed by atoms with Gasteiger partial charge in [0.2, 0.25) is 0 Å². The van der Waals surface area contributed by atoms with E-state index >= 15 is 0 Å². The molecule has 1 N–H and O–H groups in total. The molecule has 0 fully saturated rings. The van der Waals surface area contributed by atoms with Crippen molar-refractivity contribution in [2.45, 2.75) is 13.5 Å². The minimum Gasteiger partial charge on any atom is -0.504 e. The molecular formula is C16H15FN4O2S.